The molecule has 0 amide bonds. The molecule has 0 atom stereocenters. The fourth-order valence-electron chi connectivity index (χ4n) is 0.959. The Morgan fingerprint density at radius 3 is 2.73 bits per heavy atom. The molecule has 0 aliphatic rings. The van der Waals surface area contributed by atoms with E-state index in [-0.39, 0.29) is 18.1 Å². The summed E-state index contributed by atoms with van der Waals surface area (Å²) in [4.78, 5) is 0. The van der Waals surface area contributed by atoms with Gasteiger partial charge < -0.3 is 5.32 Å². The van der Waals surface area contributed by atoms with Crippen LogP contribution < -0.4 is 5.32 Å². The molecule has 0 unspecified atom stereocenters. The number of aromatic nitrogens is 2. The van der Waals surface area contributed by atoms with Crippen LogP contribution in [-0.2, 0) is 0 Å². The molecule has 0 aliphatic heterocycles. The highest BCUT2D eigenvalue weighted by atomic mass is 35.5. The predicted octanol–water partition coefficient (Wildman–Crippen LogP) is 2.88. The average Bonchev–Trinajstić information content (AvgIpc) is 2.11. The van der Waals surface area contributed by atoms with Crippen LogP contribution in [0.2, 0.25) is 5.15 Å². The summed E-state index contributed by atoms with van der Waals surface area (Å²) in [5, 5.41) is 10.0. The van der Waals surface area contributed by atoms with Gasteiger partial charge in [-0.05, 0) is 6.42 Å². The van der Waals surface area contributed by atoms with Gasteiger partial charge in [0.1, 0.15) is 0 Å². The van der Waals surface area contributed by atoms with Crippen LogP contribution in [0.25, 0.3) is 0 Å². The summed E-state index contributed by atoms with van der Waals surface area (Å²) < 4.78 is 35.3. The maximum atomic E-state index is 11.8. The summed E-state index contributed by atoms with van der Waals surface area (Å²) in [5.74, 6) is 0. The molecular weight excluding hydrogens is 231 g/mol. The van der Waals surface area contributed by atoms with Gasteiger partial charge in [-0.25, -0.2) is 0 Å². The van der Waals surface area contributed by atoms with E-state index in [9.17, 15) is 13.2 Å². The van der Waals surface area contributed by atoms with E-state index in [0.29, 0.717) is 5.69 Å². The standard InChI is InChI=1S/C8H9ClF3N3/c9-7-4-6(5-14-15-7)13-3-1-2-8(10,11)12/h4-5H,1-3H2,(H,13,15). The Kier molecular flexibility index (Phi) is 4.14. The molecule has 0 aliphatic carbocycles. The first-order valence-electron chi connectivity index (χ1n) is 4.26. The average molecular weight is 240 g/mol. The van der Waals surface area contributed by atoms with Crippen LogP contribution in [0.4, 0.5) is 18.9 Å². The fraction of sp³-hybridized carbons (Fsp3) is 0.500. The van der Waals surface area contributed by atoms with E-state index >= 15 is 0 Å². The molecule has 1 heterocycles. The number of nitrogens with zero attached hydrogens (tertiary/aromatic N) is 2. The van der Waals surface area contributed by atoms with E-state index in [1.165, 1.54) is 12.3 Å². The Bertz CT molecular complexity index is 316. The summed E-state index contributed by atoms with van der Waals surface area (Å²) in [6.45, 7) is 0.224. The van der Waals surface area contributed by atoms with Crippen molar-refractivity contribution < 1.29 is 13.2 Å². The number of hydrogen-bond acceptors (Lipinski definition) is 3. The zero-order valence-corrected chi connectivity index (χ0v) is 8.44. The highest BCUT2D eigenvalue weighted by Crippen LogP contribution is 2.21. The van der Waals surface area contributed by atoms with Crippen molar-refractivity contribution in [3.63, 3.8) is 0 Å². The van der Waals surface area contributed by atoms with Crippen molar-refractivity contribution in [2.24, 2.45) is 0 Å². The molecule has 84 valence electrons. The quantitative estimate of drug-likeness (QED) is 0.821. The third-order valence-corrected chi connectivity index (χ3v) is 1.78. The molecule has 0 aromatic carbocycles. The van der Waals surface area contributed by atoms with Crippen molar-refractivity contribution >= 4 is 17.3 Å². The fourth-order valence-corrected chi connectivity index (χ4v) is 1.12. The van der Waals surface area contributed by atoms with Gasteiger partial charge in [-0.3, -0.25) is 0 Å². The minimum atomic E-state index is -4.10. The monoisotopic (exact) mass is 239 g/mol. The van der Waals surface area contributed by atoms with Gasteiger partial charge in [-0.15, -0.1) is 5.10 Å². The lowest BCUT2D eigenvalue weighted by Gasteiger charge is -2.07. The van der Waals surface area contributed by atoms with Crippen LogP contribution in [0.1, 0.15) is 12.8 Å². The van der Waals surface area contributed by atoms with Crippen molar-refractivity contribution in [1.82, 2.24) is 10.2 Å². The van der Waals surface area contributed by atoms with Gasteiger partial charge in [-0.2, -0.15) is 18.3 Å². The highest BCUT2D eigenvalue weighted by Gasteiger charge is 2.25. The third-order valence-electron chi connectivity index (χ3n) is 1.59. The zero-order chi connectivity index (χ0) is 11.3. The number of halogens is 4. The minimum Gasteiger partial charge on any atom is -0.384 e. The van der Waals surface area contributed by atoms with Crippen molar-refractivity contribution in [2.75, 3.05) is 11.9 Å². The second-order valence-corrected chi connectivity index (χ2v) is 3.30. The van der Waals surface area contributed by atoms with Gasteiger partial charge >= 0.3 is 6.18 Å². The molecule has 0 fully saturated rings. The lowest BCUT2D eigenvalue weighted by Crippen LogP contribution is -2.11. The molecule has 0 radical (unpaired) electrons. The van der Waals surface area contributed by atoms with Gasteiger partial charge in [-0.1, -0.05) is 11.6 Å². The zero-order valence-electron chi connectivity index (χ0n) is 7.68. The molecule has 7 heteroatoms. The minimum absolute atomic E-state index is 0.0173. The summed E-state index contributed by atoms with van der Waals surface area (Å²) >= 11 is 5.54. The van der Waals surface area contributed by atoms with Crippen molar-refractivity contribution in [3.05, 3.63) is 17.4 Å². The number of rotatable bonds is 4. The van der Waals surface area contributed by atoms with Crippen molar-refractivity contribution in [3.8, 4) is 0 Å². The van der Waals surface area contributed by atoms with Crippen molar-refractivity contribution in [2.45, 2.75) is 19.0 Å². The van der Waals surface area contributed by atoms with Gasteiger partial charge in [0.2, 0.25) is 0 Å². The number of alkyl halides is 3. The smallest absolute Gasteiger partial charge is 0.384 e. The molecule has 0 spiro atoms. The summed E-state index contributed by atoms with van der Waals surface area (Å²) in [6, 6.07) is 1.50. The molecule has 0 saturated heterocycles. The first kappa shape index (κ1) is 12.0. The molecule has 1 aromatic rings. The molecule has 1 N–H and O–H groups in total. The predicted molar refractivity (Wildman–Crippen MR) is 50.8 cm³/mol. The molecule has 15 heavy (non-hydrogen) atoms. The van der Waals surface area contributed by atoms with E-state index in [1.807, 2.05) is 0 Å². The van der Waals surface area contributed by atoms with E-state index < -0.39 is 12.6 Å². The number of hydrogen-bond donors (Lipinski definition) is 1. The Balaban J connectivity index is 2.26. The van der Waals surface area contributed by atoms with Crippen LogP contribution in [0.15, 0.2) is 12.3 Å². The Hall–Kier alpha value is -1.04. The normalized spacial score (nSPS) is 11.5. The molecule has 1 rings (SSSR count). The number of anilines is 1. The lowest BCUT2D eigenvalue weighted by atomic mass is 10.3. The van der Waals surface area contributed by atoms with Crippen LogP contribution >= 0.6 is 11.6 Å². The van der Waals surface area contributed by atoms with Crippen LogP contribution in [0, 0.1) is 0 Å². The summed E-state index contributed by atoms with van der Waals surface area (Å²) in [6.07, 6.45) is -3.48. The van der Waals surface area contributed by atoms with E-state index in [1.54, 1.807) is 0 Å². The van der Waals surface area contributed by atoms with E-state index in [2.05, 4.69) is 15.5 Å². The molecule has 0 saturated carbocycles. The largest absolute Gasteiger partial charge is 0.389 e. The van der Waals surface area contributed by atoms with Crippen molar-refractivity contribution in [1.29, 1.82) is 0 Å². The Morgan fingerprint density at radius 2 is 2.13 bits per heavy atom. The second kappa shape index (κ2) is 5.16. The third kappa shape index (κ3) is 5.41. The van der Waals surface area contributed by atoms with Gasteiger partial charge in [0.05, 0.1) is 11.9 Å². The van der Waals surface area contributed by atoms with E-state index in [4.69, 9.17) is 11.6 Å². The molecule has 1 aromatic heterocycles. The van der Waals surface area contributed by atoms with Crippen LogP contribution in [0.3, 0.4) is 0 Å². The Morgan fingerprint density at radius 1 is 1.40 bits per heavy atom. The van der Waals surface area contributed by atoms with Crippen LogP contribution in [-0.4, -0.2) is 22.9 Å². The van der Waals surface area contributed by atoms with E-state index in [0.717, 1.165) is 0 Å². The lowest BCUT2D eigenvalue weighted by molar-refractivity contribution is -0.134. The second-order valence-electron chi connectivity index (χ2n) is 2.91. The first-order chi connectivity index (χ1) is 6.97. The highest BCUT2D eigenvalue weighted by molar-refractivity contribution is 6.29. The topological polar surface area (TPSA) is 37.8 Å². The summed E-state index contributed by atoms with van der Waals surface area (Å²) in [5.41, 5.74) is 0.567. The van der Waals surface area contributed by atoms with Crippen LogP contribution in [0.5, 0.6) is 0 Å². The number of nitrogens with one attached hydrogen (secondary N) is 1. The maximum absolute atomic E-state index is 11.8. The first-order valence-corrected chi connectivity index (χ1v) is 4.64. The Labute approximate surface area is 89.6 Å². The summed E-state index contributed by atoms with van der Waals surface area (Å²) in [7, 11) is 0. The van der Waals surface area contributed by atoms with Gasteiger partial charge in [0.25, 0.3) is 0 Å². The maximum Gasteiger partial charge on any atom is 0.389 e. The SMILES string of the molecule is FC(F)(F)CCCNc1cnnc(Cl)c1. The molecule has 0 bridgehead atoms. The molecule has 3 nitrogen and oxygen atoms in total. The molecular formula is C8H9ClF3N3. The van der Waals surface area contributed by atoms with Gasteiger partial charge in [0.15, 0.2) is 5.15 Å². The van der Waals surface area contributed by atoms with Gasteiger partial charge in [0, 0.05) is 19.0 Å².